The molecular formula is C15H22F2N2O2. The van der Waals surface area contributed by atoms with Gasteiger partial charge in [-0.1, -0.05) is 12.1 Å². The van der Waals surface area contributed by atoms with Crippen molar-refractivity contribution in [3.63, 3.8) is 0 Å². The number of alkyl halides is 2. The van der Waals surface area contributed by atoms with Crippen molar-refractivity contribution < 1.29 is 18.3 Å². The Balaban J connectivity index is 2.95. The van der Waals surface area contributed by atoms with E-state index in [2.05, 4.69) is 5.32 Å². The summed E-state index contributed by atoms with van der Waals surface area (Å²) < 4.78 is 31.0. The van der Waals surface area contributed by atoms with E-state index in [1.54, 1.807) is 39.8 Å². The number of halogens is 2. The minimum Gasteiger partial charge on any atom is -0.444 e. The van der Waals surface area contributed by atoms with Gasteiger partial charge < -0.3 is 10.5 Å². The molecule has 0 fully saturated rings. The third-order valence-corrected chi connectivity index (χ3v) is 2.88. The minimum absolute atomic E-state index is 0.160. The molecule has 0 saturated heterocycles. The predicted molar refractivity (Wildman–Crippen MR) is 78.8 cm³/mol. The van der Waals surface area contributed by atoms with Gasteiger partial charge in [-0.2, -0.15) is 0 Å². The van der Waals surface area contributed by atoms with Crippen LogP contribution in [0.25, 0.3) is 0 Å². The Morgan fingerprint density at radius 3 is 2.48 bits per heavy atom. The number of hydrogen-bond donors (Lipinski definition) is 2. The number of hydrogen-bond acceptors (Lipinski definition) is 3. The van der Waals surface area contributed by atoms with Gasteiger partial charge in [0.05, 0.1) is 5.92 Å². The second kappa shape index (κ2) is 6.85. The first-order valence-electron chi connectivity index (χ1n) is 6.73. The summed E-state index contributed by atoms with van der Waals surface area (Å²) in [7, 11) is 0. The number of amides is 1. The van der Waals surface area contributed by atoms with Crippen LogP contribution in [0.15, 0.2) is 18.2 Å². The number of nitrogens with one attached hydrogen (secondary N) is 1. The summed E-state index contributed by atoms with van der Waals surface area (Å²) in [6.45, 7) is 6.86. The van der Waals surface area contributed by atoms with E-state index in [1.807, 2.05) is 0 Å². The third kappa shape index (κ3) is 5.30. The lowest BCUT2D eigenvalue weighted by Gasteiger charge is -2.21. The highest BCUT2D eigenvalue weighted by Crippen LogP contribution is 2.27. The zero-order valence-corrected chi connectivity index (χ0v) is 12.7. The van der Waals surface area contributed by atoms with Crippen molar-refractivity contribution in [2.24, 2.45) is 5.73 Å². The molecule has 0 spiro atoms. The minimum atomic E-state index is -2.55. The molecule has 1 rings (SSSR count). The summed E-state index contributed by atoms with van der Waals surface area (Å²) in [4.78, 5) is 11.8. The van der Waals surface area contributed by atoms with Crippen molar-refractivity contribution in [3.05, 3.63) is 29.3 Å². The Kier molecular flexibility index (Phi) is 5.66. The van der Waals surface area contributed by atoms with E-state index in [4.69, 9.17) is 10.5 Å². The van der Waals surface area contributed by atoms with Gasteiger partial charge in [-0.3, -0.25) is 5.32 Å². The van der Waals surface area contributed by atoms with Crippen LogP contribution in [0.1, 0.15) is 37.8 Å². The van der Waals surface area contributed by atoms with E-state index in [0.717, 1.165) is 5.56 Å². The summed E-state index contributed by atoms with van der Waals surface area (Å²) in [6, 6.07) is 4.79. The first-order valence-corrected chi connectivity index (χ1v) is 6.73. The highest BCUT2D eigenvalue weighted by Gasteiger charge is 2.22. The number of carbonyl (C=O) groups excluding carboxylic acids is 1. The van der Waals surface area contributed by atoms with E-state index in [0.29, 0.717) is 11.3 Å². The van der Waals surface area contributed by atoms with Gasteiger partial charge in [0.15, 0.2) is 0 Å². The van der Waals surface area contributed by atoms with Crippen molar-refractivity contribution in [2.75, 3.05) is 11.9 Å². The van der Waals surface area contributed by atoms with E-state index < -0.39 is 24.0 Å². The molecule has 21 heavy (non-hydrogen) atoms. The maximum Gasteiger partial charge on any atom is 0.412 e. The number of rotatable bonds is 4. The summed E-state index contributed by atoms with van der Waals surface area (Å²) in [5, 5.41) is 2.58. The van der Waals surface area contributed by atoms with E-state index in [-0.39, 0.29) is 6.54 Å². The molecular weight excluding hydrogens is 278 g/mol. The average molecular weight is 300 g/mol. The van der Waals surface area contributed by atoms with Crippen LogP contribution in [0.5, 0.6) is 0 Å². The van der Waals surface area contributed by atoms with Crippen molar-refractivity contribution in [3.8, 4) is 0 Å². The largest absolute Gasteiger partial charge is 0.444 e. The molecule has 1 aromatic rings. The van der Waals surface area contributed by atoms with E-state index in [1.165, 1.54) is 6.07 Å². The molecule has 0 aliphatic rings. The van der Waals surface area contributed by atoms with Crippen molar-refractivity contribution in [1.29, 1.82) is 0 Å². The molecule has 1 atom stereocenters. The Bertz CT molecular complexity index is 499. The summed E-state index contributed by atoms with van der Waals surface area (Å²) >= 11 is 0. The second-order valence-electron chi connectivity index (χ2n) is 5.88. The number of ether oxygens (including phenoxy) is 1. The molecule has 0 heterocycles. The molecule has 0 bridgehead atoms. The normalized spacial score (nSPS) is 13.1. The summed E-state index contributed by atoms with van der Waals surface area (Å²) in [5.41, 5.74) is 6.36. The Morgan fingerprint density at radius 1 is 1.38 bits per heavy atom. The monoisotopic (exact) mass is 300 g/mol. The molecule has 0 aliphatic carbocycles. The van der Waals surface area contributed by atoms with E-state index in [9.17, 15) is 13.6 Å². The lowest BCUT2D eigenvalue weighted by atomic mass is 9.97. The van der Waals surface area contributed by atoms with Crippen LogP contribution >= 0.6 is 0 Å². The van der Waals surface area contributed by atoms with Gasteiger partial charge >= 0.3 is 6.09 Å². The van der Waals surface area contributed by atoms with Gasteiger partial charge in [0.25, 0.3) is 0 Å². The lowest BCUT2D eigenvalue weighted by molar-refractivity contribution is 0.0636. The van der Waals surface area contributed by atoms with Crippen LogP contribution in [-0.4, -0.2) is 24.7 Å². The van der Waals surface area contributed by atoms with Gasteiger partial charge in [0.2, 0.25) is 6.43 Å². The SMILES string of the molecule is Cc1ccc(C(CN)C(F)F)cc1NC(=O)OC(C)(C)C. The van der Waals surface area contributed by atoms with Gasteiger partial charge in [-0.05, 0) is 44.9 Å². The highest BCUT2D eigenvalue weighted by molar-refractivity contribution is 5.86. The molecule has 0 aromatic heterocycles. The first-order chi connectivity index (χ1) is 9.64. The van der Waals surface area contributed by atoms with Crippen LogP contribution < -0.4 is 11.1 Å². The third-order valence-electron chi connectivity index (χ3n) is 2.88. The Labute approximate surface area is 123 Å². The fourth-order valence-corrected chi connectivity index (χ4v) is 1.80. The van der Waals surface area contributed by atoms with Crippen LogP contribution in [0.4, 0.5) is 19.3 Å². The molecule has 6 heteroatoms. The van der Waals surface area contributed by atoms with Gasteiger partial charge in [0, 0.05) is 12.2 Å². The molecule has 0 radical (unpaired) electrons. The standard InChI is InChI=1S/C15H22F2N2O2/c1-9-5-6-10(11(8-18)13(16)17)7-12(9)19-14(20)21-15(2,3)4/h5-7,11,13H,8,18H2,1-4H3,(H,19,20). The smallest absolute Gasteiger partial charge is 0.412 e. The molecule has 3 N–H and O–H groups in total. The number of benzene rings is 1. The maximum atomic E-state index is 12.9. The lowest BCUT2D eigenvalue weighted by Crippen LogP contribution is -2.27. The maximum absolute atomic E-state index is 12.9. The van der Waals surface area contributed by atoms with Crippen molar-refractivity contribution in [2.45, 2.75) is 45.6 Å². The number of nitrogens with two attached hydrogens (primary N) is 1. The van der Waals surface area contributed by atoms with Gasteiger partial charge in [-0.25, -0.2) is 13.6 Å². The van der Waals surface area contributed by atoms with Crippen LogP contribution in [-0.2, 0) is 4.74 Å². The second-order valence-corrected chi connectivity index (χ2v) is 5.88. The summed E-state index contributed by atoms with van der Waals surface area (Å²) in [6.07, 6.45) is -3.17. The van der Waals surface area contributed by atoms with Crippen molar-refractivity contribution in [1.82, 2.24) is 0 Å². The zero-order chi connectivity index (χ0) is 16.2. The van der Waals surface area contributed by atoms with Crippen LogP contribution in [0, 0.1) is 6.92 Å². The fourth-order valence-electron chi connectivity index (χ4n) is 1.80. The average Bonchev–Trinajstić information content (AvgIpc) is 2.31. The Morgan fingerprint density at radius 2 is 2.00 bits per heavy atom. The molecule has 1 amide bonds. The van der Waals surface area contributed by atoms with Gasteiger partial charge in [-0.15, -0.1) is 0 Å². The molecule has 1 aromatic carbocycles. The molecule has 1 unspecified atom stereocenters. The Hall–Kier alpha value is -1.69. The van der Waals surface area contributed by atoms with Crippen LogP contribution in [0.3, 0.4) is 0 Å². The molecule has 0 saturated carbocycles. The molecule has 0 aliphatic heterocycles. The number of carbonyl (C=O) groups is 1. The quantitative estimate of drug-likeness (QED) is 0.892. The molecule has 4 nitrogen and oxygen atoms in total. The number of aryl methyl sites for hydroxylation is 1. The molecule has 118 valence electrons. The van der Waals surface area contributed by atoms with Gasteiger partial charge in [0.1, 0.15) is 5.60 Å². The fraction of sp³-hybridized carbons (Fsp3) is 0.533. The zero-order valence-electron chi connectivity index (χ0n) is 12.7. The first kappa shape index (κ1) is 17.4. The highest BCUT2D eigenvalue weighted by atomic mass is 19.3. The summed E-state index contributed by atoms with van der Waals surface area (Å²) in [5.74, 6) is -1.05. The predicted octanol–water partition coefficient (Wildman–Crippen LogP) is 3.65. The van der Waals surface area contributed by atoms with E-state index >= 15 is 0 Å². The van der Waals surface area contributed by atoms with Crippen molar-refractivity contribution >= 4 is 11.8 Å². The number of anilines is 1. The van der Waals surface area contributed by atoms with Crippen LogP contribution in [0.2, 0.25) is 0 Å². The topological polar surface area (TPSA) is 64.3 Å².